The van der Waals surface area contributed by atoms with Crippen LogP contribution in [0.3, 0.4) is 0 Å². The van der Waals surface area contributed by atoms with Crippen LogP contribution in [0, 0.1) is 11.8 Å². The summed E-state index contributed by atoms with van der Waals surface area (Å²) in [6, 6.07) is 0. The summed E-state index contributed by atoms with van der Waals surface area (Å²) in [5, 5.41) is -0.405. The highest BCUT2D eigenvalue weighted by molar-refractivity contribution is 7.89. The Morgan fingerprint density at radius 3 is 2.18 bits per heavy atom. The second kappa shape index (κ2) is 6.16. The molecule has 1 aliphatic heterocycles. The Morgan fingerprint density at radius 1 is 1.29 bits per heavy atom. The molecule has 0 amide bonds. The molecule has 0 saturated carbocycles. The van der Waals surface area contributed by atoms with Crippen molar-refractivity contribution in [1.82, 2.24) is 4.31 Å². The van der Waals surface area contributed by atoms with Gasteiger partial charge in [0.25, 0.3) is 0 Å². The van der Waals surface area contributed by atoms with Crippen LogP contribution < -0.4 is 5.73 Å². The molecule has 4 nitrogen and oxygen atoms in total. The number of rotatable bonds is 5. The quantitative estimate of drug-likeness (QED) is 0.815. The molecular weight excluding hydrogens is 236 g/mol. The van der Waals surface area contributed by atoms with Crippen molar-refractivity contribution in [3.63, 3.8) is 0 Å². The maximum absolute atomic E-state index is 12.3. The van der Waals surface area contributed by atoms with Crippen molar-refractivity contribution in [3.8, 4) is 0 Å². The van der Waals surface area contributed by atoms with Crippen LogP contribution in [0.1, 0.15) is 40.0 Å². The van der Waals surface area contributed by atoms with Gasteiger partial charge in [-0.2, -0.15) is 0 Å². The Balaban J connectivity index is 2.64. The van der Waals surface area contributed by atoms with Gasteiger partial charge in [-0.1, -0.05) is 20.8 Å². The van der Waals surface area contributed by atoms with Gasteiger partial charge in [0.05, 0.1) is 5.25 Å². The van der Waals surface area contributed by atoms with Crippen molar-refractivity contribution in [3.05, 3.63) is 0 Å². The van der Waals surface area contributed by atoms with Gasteiger partial charge in [0, 0.05) is 19.6 Å². The molecule has 1 atom stereocenters. The highest BCUT2D eigenvalue weighted by Gasteiger charge is 2.33. The second-order valence-corrected chi connectivity index (χ2v) is 7.50. The van der Waals surface area contributed by atoms with Gasteiger partial charge >= 0.3 is 0 Å². The monoisotopic (exact) mass is 262 g/mol. The first-order valence-electron chi connectivity index (χ1n) is 6.62. The van der Waals surface area contributed by atoms with E-state index in [0.717, 1.165) is 12.8 Å². The molecule has 0 aliphatic carbocycles. The molecule has 1 fully saturated rings. The third-order valence-corrected chi connectivity index (χ3v) is 6.39. The smallest absolute Gasteiger partial charge is 0.218 e. The summed E-state index contributed by atoms with van der Waals surface area (Å²) in [4.78, 5) is 0. The van der Waals surface area contributed by atoms with E-state index in [9.17, 15) is 8.42 Å². The molecule has 0 spiro atoms. The third-order valence-electron chi connectivity index (χ3n) is 3.94. The van der Waals surface area contributed by atoms with Gasteiger partial charge in [0.15, 0.2) is 0 Å². The number of piperidine rings is 1. The molecule has 0 bridgehead atoms. The Hall–Kier alpha value is -0.130. The number of hydrogen-bond donors (Lipinski definition) is 1. The molecule has 1 unspecified atom stereocenters. The summed E-state index contributed by atoms with van der Waals surface area (Å²) in [6.45, 7) is 7.87. The lowest BCUT2D eigenvalue weighted by atomic mass is 9.87. The largest absolute Gasteiger partial charge is 0.329 e. The van der Waals surface area contributed by atoms with Gasteiger partial charge in [-0.15, -0.1) is 0 Å². The first-order valence-corrected chi connectivity index (χ1v) is 8.12. The van der Waals surface area contributed by atoms with Crippen LogP contribution in [-0.2, 0) is 10.0 Å². The predicted molar refractivity (Wildman–Crippen MR) is 71.2 cm³/mol. The maximum atomic E-state index is 12.3. The van der Waals surface area contributed by atoms with Gasteiger partial charge in [0.2, 0.25) is 10.0 Å². The topological polar surface area (TPSA) is 63.4 Å². The van der Waals surface area contributed by atoms with E-state index in [2.05, 4.69) is 13.8 Å². The summed E-state index contributed by atoms with van der Waals surface area (Å²) in [5.74, 6) is 1.32. The summed E-state index contributed by atoms with van der Waals surface area (Å²) in [7, 11) is -3.17. The van der Waals surface area contributed by atoms with E-state index >= 15 is 0 Å². The van der Waals surface area contributed by atoms with Crippen LogP contribution in [-0.4, -0.2) is 37.6 Å². The highest BCUT2D eigenvalue weighted by atomic mass is 32.2. The van der Waals surface area contributed by atoms with Crippen molar-refractivity contribution in [1.29, 1.82) is 0 Å². The third kappa shape index (κ3) is 3.42. The fourth-order valence-corrected chi connectivity index (χ4v) is 4.31. The fourth-order valence-electron chi connectivity index (χ4n) is 2.51. The molecule has 1 heterocycles. The first-order chi connectivity index (χ1) is 7.93. The van der Waals surface area contributed by atoms with Crippen molar-refractivity contribution in [2.45, 2.75) is 45.3 Å². The molecule has 1 rings (SSSR count). The lowest BCUT2D eigenvalue weighted by Crippen LogP contribution is -2.46. The number of hydrogen-bond acceptors (Lipinski definition) is 3. The minimum atomic E-state index is -3.17. The van der Waals surface area contributed by atoms with Gasteiger partial charge in [-0.05, 0) is 31.1 Å². The molecule has 1 saturated heterocycles. The number of nitrogens with two attached hydrogens (primary N) is 1. The number of sulfonamides is 1. The van der Waals surface area contributed by atoms with Gasteiger partial charge in [-0.3, -0.25) is 0 Å². The molecule has 2 N–H and O–H groups in total. The fraction of sp³-hybridized carbons (Fsp3) is 1.00. The summed E-state index contributed by atoms with van der Waals surface area (Å²) in [6.07, 6.45) is 2.57. The Bertz CT molecular complexity index is 315. The van der Waals surface area contributed by atoms with E-state index in [1.54, 1.807) is 4.31 Å². The van der Waals surface area contributed by atoms with E-state index in [1.807, 2.05) is 6.92 Å². The standard InChI is InChI=1S/C12H26N2O2S/c1-4-12(9-13)17(15,16)14-7-5-11(6-8-14)10(2)3/h10-12H,4-9,13H2,1-3H3. The zero-order chi connectivity index (χ0) is 13.1. The van der Waals surface area contributed by atoms with E-state index in [-0.39, 0.29) is 6.54 Å². The molecule has 0 radical (unpaired) electrons. The van der Waals surface area contributed by atoms with Gasteiger partial charge in [-0.25, -0.2) is 12.7 Å². The molecule has 17 heavy (non-hydrogen) atoms. The van der Waals surface area contributed by atoms with Crippen LogP contribution in [0.25, 0.3) is 0 Å². The van der Waals surface area contributed by atoms with Crippen LogP contribution in [0.15, 0.2) is 0 Å². The minimum absolute atomic E-state index is 0.225. The normalized spacial score (nSPS) is 21.9. The molecule has 0 aromatic carbocycles. The maximum Gasteiger partial charge on any atom is 0.218 e. The van der Waals surface area contributed by atoms with Crippen LogP contribution in [0.4, 0.5) is 0 Å². The lowest BCUT2D eigenvalue weighted by molar-refractivity contribution is 0.225. The highest BCUT2D eigenvalue weighted by Crippen LogP contribution is 2.27. The van der Waals surface area contributed by atoms with E-state index < -0.39 is 15.3 Å². The van der Waals surface area contributed by atoms with Crippen molar-refractivity contribution < 1.29 is 8.42 Å². The lowest BCUT2D eigenvalue weighted by Gasteiger charge is -2.34. The Labute approximate surface area is 106 Å². The first kappa shape index (κ1) is 14.9. The molecule has 1 aliphatic rings. The van der Waals surface area contributed by atoms with Crippen molar-refractivity contribution in [2.75, 3.05) is 19.6 Å². The van der Waals surface area contributed by atoms with Crippen LogP contribution in [0.5, 0.6) is 0 Å². The van der Waals surface area contributed by atoms with Gasteiger partial charge < -0.3 is 5.73 Å². The Morgan fingerprint density at radius 2 is 1.82 bits per heavy atom. The van der Waals surface area contributed by atoms with E-state index in [0.29, 0.717) is 31.3 Å². The minimum Gasteiger partial charge on any atom is -0.329 e. The predicted octanol–water partition coefficient (Wildman–Crippen LogP) is 1.42. The van der Waals surface area contributed by atoms with E-state index in [1.165, 1.54) is 0 Å². The van der Waals surface area contributed by atoms with Gasteiger partial charge in [0.1, 0.15) is 0 Å². The molecule has 0 aromatic heterocycles. The van der Waals surface area contributed by atoms with Crippen molar-refractivity contribution >= 4 is 10.0 Å². The Kier molecular flexibility index (Phi) is 5.41. The summed E-state index contributed by atoms with van der Waals surface area (Å²) in [5.41, 5.74) is 5.55. The van der Waals surface area contributed by atoms with Crippen LogP contribution >= 0.6 is 0 Å². The summed E-state index contributed by atoms with van der Waals surface area (Å²) < 4.78 is 26.2. The zero-order valence-electron chi connectivity index (χ0n) is 11.2. The molecule has 0 aromatic rings. The second-order valence-electron chi connectivity index (χ2n) is 5.29. The average molecular weight is 262 g/mol. The molecule has 5 heteroatoms. The van der Waals surface area contributed by atoms with E-state index in [4.69, 9.17) is 5.73 Å². The molecule has 102 valence electrons. The summed E-state index contributed by atoms with van der Waals surface area (Å²) >= 11 is 0. The van der Waals surface area contributed by atoms with Crippen molar-refractivity contribution in [2.24, 2.45) is 17.6 Å². The zero-order valence-corrected chi connectivity index (χ0v) is 12.0. The average Bonchev–Trinajstić information content (AvgIpc) is 2.30. The number of nitrogens with zero attached hydrogens (tertiary/aromatic N) is 1. The molecular formula is C12H26N2O2S. The van der Waals surface area contributed by atoms with Crippen LogP contribution in [0.2, 0.25) is 0 Å². The SMILES string of the molecule is CCC(CN)S(=O)(=O)N1CCC(C(C)C)CC1.